The molecule has 0 unspecified atom stereocenters. The van der Waals surface area contributed by atoms with E-state index in [2.05, 4.69) is 61.6 Å². The zero-order valence-corrected chi connectivity index (χ0v) is 23.0. The SMILES string of the molecule is COc1ccc(N=C2NC(=O)/C(=C\c3cc(I)cc(I)c3OCc3ccccc3C#N)S2)cc1. The number of benzene rings is 3. The molecule has 0 spiro atoms. The third kappa shape index (κ3) is 5.92. The first kappa shape index (κ1) is 24.6. The number of nitrogens with zero attached hydrogens (tertiary/aromatic N) is 2. The molecule has 0 aromatic heterocycles. The summed E-state index contributed by atoms with van der Waals surface area (Å²) in [6.07, 6.45) is 1.81. The molecule has 1 aliphatic heterocycles. The lowest BCUT2D eigenvalue weighted by atomic mass is 10.1. The molecule has 1 aliphatic rings. The van der Waals surface area contributed by atoms with E-state index in [0.29, 0.717) is 27.1 Å². The minimum Gasteiger partial charge on any atom is -0.497 e. The van der Waals surface area contributed by atoms with Gasteiger partial charge in [0, 0.05) is 14.7 Å². The first-order valence-electron chi connectivity index (χ1n) is 10.0. The largest absolute Gasteiger partial charge is 0.497 e. The van der Waals surface area contributed by atoms with Crippen molar-refractivity contribution in [3.63, 3.8) is 0 Å². The molecule has 1 fully saturated rings. The van der Waals surface area contributed by atoms with Crippen LogP contribution in [-0.4, -0.2) is 18.2 Å². The van der Waals surface area contributed by atoms with Crippen LogP contribution in [0, 0.1) is 18.5 Å². The second-order valence-corrected chi connectivity index (χ2v) is 10.5. The van der Waals surface area contributed by atoms with Crippen LogP contribution in [0.15, 0.2) is 70.6 Å². The molecule has 0 radical (unpaired) electrons. The molecule has 0 saturated carbocycles. The van der Waals surface area contributed by atoms with Crippen molar-refractivity contribution in [1.29, 1.82) is 5.26 Å². The second kappa shape index (κ2) is 11.2. The van der Waals surface area contributed by atoms with Gasteiger partial charge in [-0.25, -0.2) is 4.99 Å². The average Bonchev–Trinajstić information content (AvgIpc) is 3.17. The van der Waals surface area contributed by atoms with Crippen LogP contribution < -0.4 is 14.8 Å². The predicted octanol–water partition coefficient (Wildman–Crippen LogP) is 6.25. The standard InChI is InChI=1S/C25H17I2N3O3S/c1-32-20-8-6-19(7-9-20)29-25-30-24(31)22(34-25)11-17-10-18(26)12-21(27)23(17)33-14-16-5-3-2-4-15(16)13-28/h2-12H,14H2,1H3,(H,29,30,31)/b22-11+. The summed E-state index contributed by atoms with van der Waals surface area (Å²) in [4.78, 5) is 17.7. The van der Waals surface area contributed by atoms with Gasteiger partial charge in [0.15, 0.2) is 5.17 Å². The van der Waals surface area contributed by atoms with Crippen molar-refractivity contribution in [2.75, 3.05) is 7.11 Å². The van der Waals surface area contributed by atoms with E-state index in [4.69, 9.17) is 9.47 Å². The fourth-order valence-electron chi connectivity index (χ4n) is 3.14. The molecule has 4 rings (SSSR count). The van der Waals surface area contributed by atoms with Gasteiger partial charge < -0.3 is 14.8 Å². The molecule has 3 aromatic carbocycles. The van der Waals surface area contributed by atoms with Gasteiger partial charge in [0.2, 0.25) is 0 Å². The van der Waals surface area contributed by atoms with E-state index in [1.165, 1.54) is 11.8 Å². The van der Waals surface area contributed by atoms with E-state index in [0.717, 1.165) is 24.0 Å². The van der Waals surface area contributed by atoms with Crippen LogP contribution >= 0.6 is 56.9 Å². The fraction of sp³-hybridized carbons (Fsp3) is 0.0800. The third-order valence-corrected chi connectivity index (χ3v) is 7.12. The molecule has 1 heterocycles. The van der Waals surface area contributed by atoms with E-state index >= 15 is 0 Å². The number of amidine groups is 1. The summed E-state index contributed by atoms with van der Waals surface area (Å²) in [5.74, 6) is 1.19. The second-order valence-electron chi connectivity index (χ2n) is 7.04. The Kier molecular flexibility index (Phi) is 8.12. The summed E-state index contributed by atoms with van der Waals surface area (Å²) in [5.41, 5.74) is 2.89. The van der Waals surface area contributed by atoms with Gasteiger partial charge in [-0.3, -0.25) is 4.79 Å². The highest BCUT2D eigenvalue weighted by Gasteiger charge is 2.25. The summed E-state index contributed by atoms with van der Waals surface area (Å²) >= 11 is 5.74. The fourth-order valence-corrected chi connectivity index (χ4v) is 6.02. The van der Waals surface area contributed by atoms with Crippen molar-refractivity contribution in [2.45, 2.75) is 6.61 Å². The van der Waals surface area contributed by atoms with Crippen LogP contribution in [0.1, 0.15) is 16.7 Å². The Bertz CT molecular complexity index is 1350. The Hall–Kier alpha value is -2.56. The summed E-state index contributed by atoms with van der Waals surface area (Å²) in [6.45, 7) is 0.250. The van der Waals surface area contributed by atoms with E-state index in [-0.39, 0.29) is 12.5 Å². The Morgan fingerprint density at radius 3 is 2.65 bits per heavy atom. The Morgan fingerprint density at radius 2 is 1.91 bits per heavy atom. The molecule has 1 amide bonds. The lowest BCUT2D eigenvalue weighted by molar-refractivity contribution is -0.115. The average molecular weight is 693 g/mol. The first-order chi connectivity index (χ1) is 16.5. The van der Waals surface area contributed by atoms with Crippen molar-refractivity contribution in [1.82, 2.24) is 5.32 Å². The molecular formula is C25H17I2N3O3S. The van der Waals surface area contributed by atoms with E-state index < -0.39 is 0 Å². The molecule has 0 aliphatic carbocycles. The Balaban J connectivity index is 1.60. The first-order valence-corrected chi connectivity index (χ1v) is 13.0. The van der Waals surface area contributed by atoms with Crippen LogP contribution in [0.2, 0.25) is 0 Å². The summed E-state index contributed by atoms with van der Waals surface area (Å²) < 4.78 is 13.3. The maximum atomic E-state index is 12.6. The monoisotopic (exact) mass is 693 g/mol. The van der Waals surface area contributed by atoms with Gasteiger partial charge in [-0.15, -0.1) is 0 Å². The van der Waals surface area contributed by atoms with Crippen LogP contribution in [0.3, 0.4) is 0 Å². The lowest BCUT2D eigenvalue weighted by Gasteiger charge is -2.13. The normalized spacial score (nSPS) is 15.3. The molecular weight excluding hydrogens is 676 g/mol. The smallest absolute Gasteiger partial charge is 0.264 e. The number of aliphatic imine (C=N–C) groups is 1. The molecule has 34 heavy (non-hydrogen) atoms. The Morgan fingerprint density at radius 1 is 1.15 bits per heavy atom. The van der Waals surface area contributed by atoms with Crippen LogP contribution in [0.5, 0.6) is 11.5 Å². The minimum absolute atomic E-state index is 0.216. The maximum Gasteiger partial charge on any atom is 0.264 e. The number of methoxy groups -OCH3 is 1. The zero-order chi connectivity index (χ0) is 24.1. The number of ether oxygens (including phenoxy) is 2. The van der Waals surface area contributed by atoms with Gasteiger partial charge in [0.1, 0.15) is 18.1 Å². The Labute approximate surface area is 228 Å². The molecule has 1 N–H and O–H groups in total. The number of nitriles is 1. The van der Waals surface area contributed by atoms with E-state index in [9.17, 15) is 10.1 Å². The topological polar surface area (TPSA) is 83.7 Å². The predicted molar refractivity (Wildman–Crippen MR) is 151 cm³/mol. The number of hydrogen-bond acceptors (Lipinski definition) is 6. The van der Waals surface area contributed by atoms with Crippen molar-refractivity contribution in [2.24, 2.45) is 4.99 Å². The minimum atomic E-state index is -0.216. The number of hydrogen-bond donors (Lipinski definition) is 1. The highest BCUT2D eigenvalue weighted by molar-refractivity contribution is 14.1. The number of thioether (sulfide) groups is 1. The summed E-state index contributed by atoms with van der Waals surface area (Å²) in [7, 11) is 1.61. The highest BCUT2D eigenvalue weighted by atomic mass is 127. The van der Waals surface area contributed by atoms with Crippen molar-refractivity contribution >= 4 is 79.8 Å². The van der Waals surface area contributed by atoms with Gasteiger partial charge in [-0.2, -0.15) is 5.26 Å². The van der Waals surface area contributed by atoms with Gasteiger partial charge in [-0.05, 0) is 105 Å². The van der Waals surface area contributed by atoms with Gasteiger partial charge in [-0.1, -0.05) is 18.2 Å². The van der Waals surface area contributed by atoms with E-state index in [1.54, 1.807) is 13.2 Å². The highest BCUT2D eigenvalue weighted by Crippen LogP contribution is 2.35. The lowest BCUT2D eigenvalue weighted by Crippen LogP contribution is -2.19. The van der Waals surface area contributed by atoms with Crippen molar-refractivity contribution < 1.29 is 14.3 Å². The molecule has 0 atom stereocenters. The maximum absolute atomic E-state index is 12.6. The molecule has 3 aromatic rings. The summed E-state index contributed by atoms with van der Waals surface area (Å²) in [6, 6.07) is 20.8. The number of carbonyl (C=O) groups excluding carboxylic acids is 1. The number of carbonyl (C=O) groups is 1. The molecule has 0 bridgehead atoms. The third-order valence-electron chi connectivity index (χ3n) is 4.79. The number of nitrogens with one attached hydrogen (secondary N) is 1. The van der Waals surface area contributed by atoms with Gasteiger partial charge >= 0.3 is 0 Å². The molecule has 1 saturated heterocycles. The van der Waals surface area contributed by atoms with E-state index in [1.807, 2.05) is 60.7 Å². The molecule has 6 nitrogen and oxygen atoms in total. The van der Waals surface area contributed by atoms with Crippen molar-refractivity contribution in [3.05, 3.63) is 89.4 Å². The number of halogens is 2. The van der Waals surface area contributed by atoms with Crippen LogP contribution in [-0.2, 0) is 11.4 Å². The van der Waals surface area contributed by atoms with Crippen LogP contribution in [0.4, 0.5) is 5.69 Å². The molecule has 9 heteroatoms. The van der Waals surface area contributed by atoms with Crippen LogP contribution in [0.25, 0.3) is 6.08 Å². The zero-order valence-electron chi connectivity index (χ0n) is 17.8. The number of amides is 1. The van der Waals surface area contributed by atoms with Gasteiger partial charge in [0.25, 0.3) is 5.91 Å². The summed E-state index contributed by atoms with van der Waals surface area (Å²) in [5, 5.41) is 12.7. The molecule has 170 valence electrons. The van der Waals surface area contributed by atoms with Crippen molar-refractivity contribution in [3.8, 4) is 17.6 Å². The van der Waals surface area contributed by atoms with Gasteiger partial charge in [0.05, 0.1) is 32.9 Å². The number of rotatable bonds is 6. The quantitative estimate of drug-likeness (QED) is 0.244.